The molecule has 0 aromatic carbocycles. The smallest absolute Gasteiger partial charge is 0.184 e. The fourth-order valence-electron chi connectivity index (χ4n) is 0.707. The molecule has 0 saturated heterocycles. The molecule has 0 aromatic rings. The summed E-state index contributed by atoms with van der Waals surface area (Å²) < 4.78 is 5.58. The predicted octanol–water partition coefficient (Wildman–Crippen LogP) is 6.90. The minimum Gasteiger partial charge on any atom is -0.415 e. The maximum absolute atomic E-state index is 5.58. The Morgan fingerprint density at radius 2 is 1.14 bits per heavy atom. The van der Waals surface area contributed by atoms with E-state index in [1.807, 2.05) is 20.3 Å². The van der Waals surface area contributed by atoms with E-state index < -0.39 is 8.32 Å². The van der Waals surface area contributed by atoms with E-state index >= 15 is 0 Å². The molecule has 0 N–H and O–H groups in total. The Bertz CT molecular complexity index is 153. The molecule has 0 rings (SSSR count). The van der Waals surface area contributed by atoms with Gasteiger partial charge in [-0.15, -0.1) is 0 Å². The molecule has 0 heterocycles. The average molecular weight is 505 g/mol. The fraction of sp³-hybridized carbons (Fsp3) is 0.941. The first-order valence-electron chi connectivity index (χ1n) is 8.02. The van der Waals surface area contributed by atoms with E-state index in [0.29, 0.717) is 6.10 Å². The molecule has 1 radical (unpaired) electrons. The summed E-state index contributed by atoms with van der Waals surface area (Å²) in [5.74, 6) is 0.884. The van der Waals surface area contributed by atoms with Crippen LogP contribution in [0.5, 0.6) is 0 Å². The van der Waals surface area contributed by atoms with Crippen LogP contribution in [0.3, 0.4) is 0 Å². The van der Waals surface area contributed by atoms with Gasteiger partial charge in [0.05, 0.1) is 0 Å². The zero-order valence-electron chi connectivity index (χ0n) is 17.3. The molecule has 0 unspecified atom stereocenters. The summed E-state index contributed by atoms with van der Waals surface area (Å²) in [6.07, 6.45) is 3.71. The molecule has 0 aromatic heterocycles. The topological polar surface area (TPSA) is 9.23 Å². The number of hydrogen-bond acceptors (Lipinski definition) is 1. The van der Waals surface area contributed by atoms with Crippen LogP contribution in [-0.4, -0.2) is 23.2 Å². The van der Waals surface area contributed by atoms with Gasteiger partial charge in [0, 0.05) is 36.0 Å². The molecule has 0 fully saturated rings. The molecule has 1 nitrogen and oxygen atoms in total. The van der Waals surface area contributed by atoms with Crippen molar-refractivity contribution in [1.82, 2.24) is 0 Å². The Morgan fingerprint density at radius 3 is 1.14 bits per heavy atom. The molecule has 0 spiro atoms. The minimum absolute atomic E-state index is 0. The van der Waals surface area contributed by atoms with Gasteiger partial charge >= 0.3 is 0 Å². The van der Waals surface area contributed by atoms with Gasteiger partial charge in [-0.25, -0.2) is 0 Å². The molecular weight excluding hydrogens is 460 g/mol. The third kappa shape index (κ3) is 118. The zero-order chi connectivity index (χ0) is 17.4. The van der Waals surface area contributed by atoms with Crippen molar-refractivity contribution in [3.8, 4) is 0 Å². The number of rotatable bonds is 3. The molecular formula is C17H44OSi2W-. The minimum atomic E-state index is -1.22. The largest absolute Gasteiger partial charge is 0.415 e. The van der Waals surface area contributed by atoms with E-state index in [9.17, 15) is 0 Å². The van der Waals surface area contributed by atoms with Gasteiger partial charge in [-0.2, -0.15) is 13.8 Å². The van der Waals surface area contributed by atoms with E-state index in [1.54, 1.807) is 0 Å². The van der Waals surface area contributed by atoms with Gasteiger partial charge in [0.25, 0.3) is 0 Å². The van der Waals surface area contributed by atoms with E-state index in [2.05, 4.69) is 73.9 Å². The molecule has 0 atom stereocenters. The van der Waals surface area contributed by atoms with Crippen molar-refractivity contribution in [2.24, 2.45) is 5.92 Å². The standard InChI is InChI=1S/C6H16OSi.C5H12.C3H9Si.C3H7.W/c1-6(2)7-8(3,4)5;1-4-5(2)3;1-4(2)3;1-3-2;/h6H,1-5H3;5H,4H2,1-3H3;1-3H3;3H,1-2H3;/q;;;-1;. The fourth-order valence-corrected chi connectivity index (χ4v) is 2.12. The van der Waals surface area contributed by atoms with Crippen LogP contribution in [-0.2, 0) is 25.5 Å². The molecule has 0 bridgehead atoms. The summed E-state index contributed by atoms with van der Waals surface area (Å²) in [7, 11) is -1.10. The van der Waals surface area contributed by atoms with Crippen LogP contribution in [0.4, 0.5) is 0 Å². The van der Waals surface area contributed by atoms with Crippen molar-refractivity contribution < 1.29 is 25.5 Å². The van der Waals surface area contributed by atoms with Crippen LogP contribution >= 0.6 is 0 Å². The van der Waals surface area contributed by atoms with E-state index in [-0.39, 0.29) is 29.9 Å². The summed E-state index contributed by atoms with van der Waals surface area (Å²) in [4.78, 5) is 0. The molecule has 0 aliphatic rings. The van der Waals surface area contributed by atoms with Crippen molar-refractivity contribution in [3.63, 3.8) is 0 Å². The second-order valence-electron chi connectivity index (χ2n) is 7.16. The Kier molecular flexibility index (Phi) is 37.4. The van der Waals surface area contributed by atoms with Gasteiger partial charge < -0.3 is 10.8 Å². The van der Waals surface area contributed by atoms with Crippen molar-refractivity contribution in [2.45, 2.75) is 100 Å². The predicted molar refractivity (Wildman–Crippen MR) is 104 cm³/mol. The zero-order valence-corrected chi connectivity index (χ0v) is 22.2. The summed E-state index contributed by atoms with van der Waals surface area (Å²) >= 11 is 0. The van der Waals surface area contributed by atoms with Gasteiger partial charge in [-0.3, -0.25) is 0 Å². The second-order valence-corrected chi connectivity index (χ2v) is 14.6. The Labute approximate surface area is 155 Å². The van der Waals surface area contributed by atoms with Gasteiger partial charge in [-0.05, 0) is 39.4 Å². The molecule has 133 valence electrons. The quantitative estimate of drug-likeness (QED) is 0.300. The van der Waals surface area contributed by atoms with Crippen LogP contribution in [0.15, 0.2) is 0 Å². The first-order chi connectivity index (χ1) is 8.83. The van der Waals surface area contributed by atoms with Crippen molar-refractivity contribution >= 4 is 17.1 Å². The summed E-state index contributed by atoms with van der Waals surface area (Å²) in [6.45, 7) is 28.2. The molecule has 0 amide bonds. The summed E-state index contributed by atoms with van der Waals surface area (Å²) in [5.41, 5.74) is 0. The van der Waals surface area contributed by atoms with Crippen molar-refractivity contribution in [2.75, 3.05) is 0 Å². The molecule has 4 heteroatoms. The van der Waals surface area contributed by atoms with Crippen LogP contribution in [0.25, 0.3) is 0 Å². The van der Waals surface area contributed by atoms with E-state index in [4.69, 9.17) is 4.43 Å². The van der Waals surface area contributed by atoms with Crippen LogP contribution in [0.1, 0.15) is 54.9 Å². The third-order valence-corrected chi connectivity index (χ3v) is 2.58. The van der Waals surface area contributed by atoms with E-state index in [0.717, 1.165) is 5.92 Å². The van der Waals surface area contributed by atoms with Gasteiger partial charge in [0.1, 0.15) is 0 Å². The maximum Gasteiger partial charge on any atom is 0.184 e. The third-order valence-electron chi connectivity index (χ3n) is 1.41. The monoisotopic (exact) mass is 504 g/mol. The Balaban J connectivity index is -0.0000000574. The van der Waals surface area contributed by atoms with Gasteiger partial charge in [-0.1, -0.05) is 46.8 Å². The molecule has 0 saturated carbocycles. The summed E-state index contributed by atoms with van der Waals surface area (Å²) in [5, 5.41) is 0. The second kappa shape index (κ2) is 23.3. The first-order valence-corrected chi connectivity index (χ1v) is 14.4. The molecule has 21 heavy (non-hydrogen) atoms. The SMILES string of the molecule is CC(C)O[Si](C)(C)C.CCC(C)C.C[CH-]C.C[Si](C)C.[W]. The number of hydrogen-bond donors (Lipinski definition) is 0. The van der Waals surface area contributed by atoms with Crippen LogP contribution in [0, 0.1) is 12.3 Å². The van der Waals surface area contributed by atoms with E-state index in [1.165, 1.54) is 6.42 Å². The van der Waals surface area contributed by atoms with Crippen molar-refractivity contribution in [1.29, 1.82) is 0 Å². The first kappa shape index (κ1) is 33.6. The van der Waals surface area contributed by atoms with Gasteiger partial charge in [0.15, 0.2) is 8.32 Å². The van der Waals surface area contributed by atoms with Crippen LogP contribution < -0.4 is 0 Å². The van der Waals surface area contributed by atoms with Crippen LogP contribution in [0.2, 0.25) is 39.3 Å². The maximum atomic E-state index is 5.58. The normalized spacial score (nSPS) is 9.71. The van der Waals surface area contributed by atoms with Gasteiger partial charge in [0.2, 0.25) is 0 Å². The molecule has 0 aliphatic heterocycles. The molecule has 0 aliphatic carbocycles. The Morgan fingerprint density at radius 1 is 0.952 bits per heavy atom. The average Bonchev–Trinajstić information content (AvgIpc) is 2.14. The Hall–Kier alpha value is 1.08. The van der Waals surface area contributed by atoms with Crippen molar-refractivity contribution in [3.05, 3.63) is 6.42 Å². The summed E-state index contributed by atoms with van der Waals surface area (Å²) in [6, 6.07) is 0.